The van der Waals surface area contributed by atoms with Crippen LogP contribution in [0.5, 0.6) is 11.5 Å². The van der Waals surface area contributed by atoms with E-state index in [1.54, 1.807) is 41.0 Å². The molecule has 0 unspecified atom stereocenters. The van der Waals surface area contributed by atoms with Crippen LogP contribution in [-0.4, -0.2) is 47.3 Å². The van der Waals surface area contributed by atoms with Crippen molar-refractivity contribution in [2.75, 3.05) is 20.8 Å². The van der Waals surface area contributed by atoms with E-state index >= 15 is 0 Å². The Bertz CT molecular complexity index is 1000. The minimum absolute atomic E-state index is 0.183. The molecule has 0 atom stereocenters. The average Bonchev–Trinajstić information content (AvgIpc) is 3.20. The van der Waals surface area contributed by atoms with Crippen LogP contribution in [0, 0.1) is 0 Å². The highest BCUT2D eigenvalue weighted by Crippen LogP contribution is 2.28. The van der Waals surface area contributed by atoms with Gasteiger partial charge in [0, 0.05) is 30.9 Å². The van der Waals surface area contributed by atoms with Crippen LogP contribution in [0.2, 0.25) is 0 Å². The highest BCUT2D eigenvalue weighted by atomic mass is 16.5. The number of nitrogens with two attached hydrogens (primary N) is 1. The molecule has 8 nitrogen and oxygen atoms in total. The fraction of sp³-hybridized carbons (Fsp3) is 0.190. The summed E-state index contributed by atoms with van der Waals surface area (Å²) in [5.41, 5.74) is 7.37. The third-order valence-corrected chi connectivity index (χ3v) is 4.20. The van der Waals surface area contributed by atoms with Crippen LogP contribution in [0.3, 0.4) is 0 Å². The Balaban J connectivity index is 1.70. The molecule has 0 saturated heterocycles. The second kappa shape index (κ2) is 8.92. The van der Waals surface area contributed by atoms with E-state index in [2.05, 4.69) is 5.10 Å². The van der Waals surface area contributed by atoms with Crippen molar-refractivity contribution < 1.29 is 19.1 Å². The van der Waals surface area contributed by atoms with Crippen molar-refractivity contribution in [3.63, 3.8) is 0 Å². The quantitative estimate of drug-likeness (QED) is 0.630. The Kier molecular flexibility index (Phi) is 6.13. The Morgan fingerprint density at radius 1 is 1.14 bits per heavy atom. The van der Waals surface area contributed by atoms with E-state index in [4.69, 9.17) is 15.2 Å². The lowest BCUT2D eigenvalue weighted by Crippen LogP contribution is -2.26. The number of amides is 2. The lowest BCUT2D eigenvalue weighted by atomic mass is 10.1. The molecule has 3 rings (SSSR count). The molecular weight excluding hydrogens is 372 g/mol. The van der Waals surface area contributed by atoms with Gasteiger partial charge in [0.25, 0.3) is 11.8 Å². The fourth-order valence-electron chi connectivity index (χ4n) is 2.80. The number of ether oxygens (including phenoxy) is 2. The van der Waals surface area contributed by atoms with E-state index in [-0.39, 0.29) is 12.5 Å². The smallest absolute Gasteiger partial charge is 0.255 e. The maximum absolute atomic E-state index is 12.8. The Morgan fingerprint density at radius 2 is 1.90 bits per heavy atom. The minimum Gasteiger partial charge on any atom is -0.493 e. The zero-order chi connectivity index (χ0) is 20.8. The van der Waals surface area contributed by atoms with Crippen LogP contribution >= 0.6 is 0 Å². The van der Waals surface area contributed by atoms with E-state index in [0.717, 1.165) is 11.3 Å². The number of carbonyl (C=O) groups is 2. The van der Waals surface area contributed by atoms with Gasteiger partial charge >= 0.3 is 0 Å². The lowest BCUT2D eigenvalue weighted by molar-refractivity contribution is -0.119. The molecule has 150 valence electrons. The molecule has 2 amide bonds. The topological polar surface area (TPSA) is 99.7 Å². The number of hydrogen-bond donors (Lipinski definition) is 1. The normalized spacial score (nSPS) is 10.4. The predicted molar refractivity (Wildman–Crippen MR) is 107 cm³/mol. The van der Waals surface area contributed by atoms with Gasteiger partial charge in [0.1, 0.15) is 0 Å². The second-order valence-electron chi connectivity index (χ2n) is 6.41. The van der Waals surface area contributed by atoms with Crippen molar-refractivity contribution in [2.24, 2.45) is 5.73 Å². The highest BCUT2D eigenvalue weighted by molar-refractivity contribution is 5.94. The first-order valence-corrected chi connectivity index (χ1v) is 8.91. The first-order valence-electron chi connectivity index (χ1n) is 8.91. The predicted octanol–water partition coefficient (Wildman–Crippen LogP) is 2.02. The average molecular weight is 394 g/mol. The largest absolute Gasteiger partial charge is 0.493 e. The van der Waals surface area contributed by atoms with Crippen molar-refractivity contribution >= 4 is 11.8 Å². The van der Waals surface area contributed by atoms with Crippen molar-refractivity contribution in [1.82, 2.24) is 14.7 Å². The summed E-state index contributed by atoms with van der Waals surface area (Å²) < 4.78 is 12.3. The maximum Gasteiger partial charge on any atom is 0.255 e. The molecular formula is C21H22N4O4. The van der Waals surface area contributed by atoms with Gasteiger partial charge in [0.05, 0.1) is 19.0 Å². The third kappa shape index (κ3) is 4.92. The van der Waals surface area contributed by atoms with Gasteiger partial charge in [-0.2, -0.15) is 5.10 Å². The molecule has 0 saturated carbocycles. The van der Waals surface area contributed by atoms with Crippen molar-refractivity contribution in [1.29, 1.82) is 0 Å². The van der Waals surface area contributed by atoms with Gasteiger partial charge < -0.3 is 20.1 Å². The summed E-state index contributed by atoms with van der Waals surface area (Å²) >= 11 is 0. The molecule has 0 aliphatic rings. The number of rotatable bonds is 8. The van der Waals surface area contributed by atoms with Crippen LogP contribution in [-0.2, 0) is 11.3 Å². The summed E-state index contributed by atoms with van der Waals surface area (Å²) in [7, 11) is 3.18. The SMILES string of the molecule is COc1cc(C(=O)N(C)Cc2cnn(-c3ccccc3)c2)ccc1OCC(N)=O. The molecule has 0 spiro atoms. The fourth-order valence-corrected chi connectivity index (χ4v) is 2.80. The van der Waals surface area contributed by atoms with E-state index in [9.17, 15) is 9.59 Å². The number of aromatic nitrogens is 2. The highest BCUT2D eigenvalue weighted by Gasteiger charge is 2.16. The van der Waals surface area contributed by atoms with Crippen LogP contribution in [0.1, 0.15) is 15.9 Å². The van der Waals surface area contributed by atoms with Crippen LogP contribution < -0.4 is 15.2 Å². The first kappa shape index (κ1) is 19.9. The van der Waals surface area contributed by atoms with Crippen molar-refractivity contribution in [3.05, 3.63) is 72.1 Å². The zero-order valence-electron chi connectivity index (χ0n) is 16.2. The number of para-hydroxylation sites is 1. The number of carbonyl (C=O) groups excluding carboxylic acids is 2. The monoisotopic (exact) mass is 394 g/mol. The molecule has 0 radical (unpaired) electrons. The molecule has 8 heteroatoms. The van der Waals surface area contributed by atoms with Gasteiger partial charge in [-0.1, -0.05) is 18.2 Å². The number of methoxy groups -OCH3 is 1. The Hall–Kier alpha value is -3.81. The van der Waals surface area contributed by atoms with Gasteiger partial charge in [-0.05, 0) is 30.3 Å². The van der Waals surface area contributed by atoms with Gasteiger partial charge in [-0.25, -0.2) is 4.68 Å². The molecule has 29 heavy (non-hydrogen) atoms. The summed E-state index contributed by atoms with van der Waals surface area (Å²) in [5, 5.41) is 4.35. The maximum atomic E-state index is 12.8. The number of primary amides is 1. The molecule has 0 bridgehead atoms. The van der Waals surface area contributed by atoms with Gasteiger partial charge in [-0.15, -0.1) is 0 Å². The van der Waals surface area contributed by atoms with Crippen molar-refractivity contribution in [3.8, 4) is 17.2 Å². The first-order chi connectivity index (χ1) is 14.0. The van der Waals surface area contributed by atoms with E-state index in [1.807, 2.05) is 36.5 Å². The molecule has 1 heterocycles. The third-order valence-electron chi connectivity index (χ3n) is 4.20. The van der Waals surface area contributed by atoms with E-state index < -0.39 is 5.91 Å². The van der Waals surface area contributed by atoms with E-state index in [1.165, 1.54) is 7.11 Å². The standard InChI is InChI=1S/C21H22N4O4/c1-24(12-15-11-23-25(13-15)17-6-4-3-5-7-17)21(27)16-8-9-18(19(10-16)28-2)29-14-20(22)26/h3-11,13H,12,14H2,1-2H3,(H2,22,26). The summed E-state index contributed by atoms with van der Waals surface area (Å²) in [4.78, 5) is 25.3. The van der Waals surface area contributed by atoms with Gasteiger partial charge in [0.2, 0.25) is 0 Å². The minimum atomic E-state index is -0.594. The number of nitrogens with zero attached hydrogens (tertiary/aromatic N) is 3. The molecule has 2 N–H and O–H groups in total. The second-order valence-corrected chi connectivity index (χ2v) is 6.41. The molecule has 1 aromatic heterocycles. The van der Waals surface area contributed by atoms with Crippen molar-refractivity contribution in [2.45, 2.75) is 6.54 Å². The van der Waals surface area contributed by atoms with E-state index in [0.29, 0.717) is 23.6 Å². The molecule has 2 aromatic carbocycles. The molecule has 0 fully saturated rings. The lowest BCUT2D eigenvalue weighted by Gasteiger charge is -2.17. The summed E-state index contributed by atoms with van der Waals surface area (Å²) in [5.74, 6) is -0.0859. The summed E-state index contributed by atoms with van der Waals surface area (Å²) in [6, 6.07) is 14.5. The summed E-state index contributed by atoms with van der Waals surface area (Å²) in [6.45, 7) is 0.128. The summed E-state index contributed by atoms with van der Waals surface area (Å²) in [6.07, 6.45) is 3.62. The number of hydrogen-bond acceptors (Lipinski definition) is 5. The van der Waals surface area contributed by atoms with Crippen LogP contribution in [0.4, 0.5) is 0 Å². The van der Waals surface area contributed by atoms with Crippen LogP contribution in [0.25, 0.3) is 5.69 Å². The zero-order valence-corrected chi connectivity index (χ0v) is 16.2. The van der Waals surface area contributed by atoms with Gasteiger partial charge in [-0.3, -0.25) is 9.59 Å². The van der Waals surface area contributed by atoms with Gasteiger partial charge in [0.15, 0.2) is 18.1 Å². The van der Waals surface area contributed by atoms with Crippen LogP contribution in [0.15, 0.2) is 60.9 Å². The molecule has 0 aliphatic heterocycles. The number of benzene rings is 2. The Labute approximate surface area is 168 Å². The Morgan fingerprint density at radius 3 is 2.59 bits per heavy atom. The molecule has 0 aliphatic carbocycles. The molecule has 3 aromatic rings.